The molecule has 0 radical (unpaired) electrons. The Hall–Kier alpha value is -2.38. The third-order valence-corrected chi connectivity index (χ3v) is 3.62. The van der Waals surface area contributed by atoms with Gasteiger partial charge in [0.05, 0.1) is 6.10 Å². The molecule has 3 aromatic carbocycles. The van der Waals surface area contributed by atoms with Gasteiger partial charge < -0.3 is 5.11 Å². The molecule has 21 heavy (non-hydrogen) atoms. The van der Waals surface area contributed by atoms with E-state index in [1.54, 1.807) is 0 Å². The summed E-state index contributed by atoms with van der Waals surface area (Å²) in [5.74, 6) is 0. The van der Waals surface area contributed by atoms with Crippen molar-refractivity contribution in [3.63, 3.8) is 0 Å². The van der Waals surface area contributed by atoms with E-state index in [1.807, 2.05) is 60.7 Å². The van der Waals surface area contributed by atoms with Crippen molar-refractivity contribution in [3.8, 4) is 0 Å². The molecule has 1 atom stereocenters. The highest BCUT2D eigenvalue weighted by Crippen LogP contribution is 2.20. The molecule has 0 aliphatic rings. The Kier molecular flexibility index (Phi) is 4.13. The van der Waals surface area contributed by atoms with E-state index in [-0.39, 0.29) is 0 Å². The van der Waals surface area contributed by atoms with Crippen molar-refractivity contribution < 1.29 is 5.11 Å². The van der Waals surface area contributed by atoms with Crippen LogP contribution in [0, 0.1) is 0 Å². The fourth-order valence-electron chi connectivity index (χ4n) is 2.55. The average Bonchev–Trinajstić information content (AvgIpc) is 2.54. The lowest BCUT2D eigenvalue weighted by Gasteiger charge is -2.09. The van der Waals surface area contributed by atoms with Crippen molar-refractivity contribution in [1.29, 1.82) is 0 Å². The predicted octanol–water partition coefficient (Wildman–Crippen LogP) is 4.46. The highest BCUT2D eigenvalue weighted by molar-refractivity contribution is 5.85. The molecule has 0 heterocycles. The van der Waals surface area contributed by atoms with Gasteiger partial charge in [-0.15, -0.1) is 0 Å². The second-order valence-corrected chi connectivity index (χ2v) is 5.18. The summed E-state index contributed by atoms with van der Waals surface area (Å²) in [5, 5.41) is 12.7. The molecule has 0 saturated heterocycles. The van der Waals surface area contributed by atoms with Crippen molar-refractivity contribution in [1.82, 2.24) is 0 Å². The maximum absolute atomic E-state index is 10.2. The lowest BCUT2D eigenvalue weighted by molar-refractivity contribution is 0.225. The van der Waals surface area contributed by atoms with E-state index in [4.69, 9.17) is 0 Å². The van der Waals surface area contributed by atoms with E-state index in [2.05, 4.69) is 24.3 Å². The molecule has 104 valence electrons. The van der Waals surface area contributed by atoms with E-state index in [9.17, 15) is 5.11 Å². The molecule has 0 spiro atoms. The van der Waals surface area contributed by atoms with Gasteiger partial charge in [0, 0.05) is 6.42 Å². The predicted molar refractivity (Wildman–Crippen MR) is 89.1 cm³/mol. The summed E-state index contributed by atoms with van der Waals surface area (Å²) < 4.78 is 0. The van der Waals surface area contributed by atoms with Crippen LogP contribution in [0.15, 0.2) is 78.9 Å². The molecule has 1 nitrogen and oxygen atoms in total. The van der Waals surface area contributed by atoms with Crippen molar-refractivity contribution >= 4 is 16.8 Å². The van der Waals surface area contributed by atoms with Gasteiger partial charge in [-0.25, -0.2) is 0 Å². The average molecular weight is 274 g/mol. The maximum atomic E-state index is 10.2. The number of aliphatic hydroxyl groups is 1. The number of hydrogen-bond acceptors (Lipinski definition) is 1. The standard InChI is InChI=1S/C20H18O/c21-19(14-13-16-7-2-1-3-8-16)15-18-11-6-10-17-9-4-5-12-20(17)18/h1-14,19,21H,15H2/b14-13+. The molecular formula is C20H18O. The quantitative estimate of drug-likeness (QED) is 0.745. The number of fused-ring (bicyclic) bond motifs is 1. The number of rotatable bonds is 4. The van der Waals surface area contributed by atoms with Crippen LogP contribution in [-0.4, -0.2) is 11.2 Å². The Morgan fingerprint density at radius 3 is 2.38 bits per heavy atom. The van der Waals surface area contributed by atoms with Gasteiger partial charge in [-0.05, 0) is 21.9 Å². The summed E-state index contributed by atoms with van der Waals surface area (Å²) in [6.07, 6.45) is 3.98. The molecule has 0 amide bonds. The summed E-state index contributed by atoms with van der Waals surface area (Å²) in [4.78, 5) is 0. The Bertz CT molecular complexity index is 739. The highest BCUT2D eigenvalue weighted by Gasteiger charge is 2.05. The van der Waals surface area contributed by atoms with Crippen molar-refractivity contribution in [2.24, 2.45) is 0 Å². The van der Waals surface area contributed by atoms with Gasteiger partial charge in [0.1, 0.15) is 0 Å². The van der Waals surface area contributed by atoms with Crippen LogP contribution in [0.5, 0.6) is 0 Å². The van der Waals surface area contributed by atoms with Crippen LogP contribution in [0.3, 0.4) is 0 Å². The zero-order valence-electron chi connectivity index (χ0n) is 11.8. The summed E-state index contributed by atoms with van der Waals surface area (Å²) in [6.45, 7) is 0. The van der Waals surface area contributed by atoms with E-state index in [0.29, 0.717) is 6.42 Å². The lowest BCUT2D eigenvalue weighted by atomic mass is 9.99. The SMILES string of the molecule is OC(/C=C/c1ccccc1)Cc1cccc2ccccc12. The Balaban J connectivity index is 1.77. The summed E-state index contributed by atoms with van der Waals surface area (Å²) >= 11 is 0. The van der Waals surface area contributed by atoms with Crippen LogP contribution in [-0.2, 0) is 6.42 Å². The fraction of sp³-hybridized carbons (Fsp3) is 0.100. The van der Waals surface area contributed by atoms with Crippen LogP contribution >= 0.6 is 0 Å². The van der Waals surface area contributed by atoms with Gasteiger partial charge in [0.2, 0.25) is 0 Å². The zero-order chi connectivity index (χ0) is 14.5. The molecule has 3 aromatic rings. The highest BCUT2D eigenvalue weighted by atomic mass is 16.3. The maximum Gasteiger partial charge on any atom is 0.0764 e. The fourth-order valence-corrected chi connectivity index (χ4v) is 2.55. The van der Waals surface area contributed by atoms with Crippen LogP contribution in [0.1, 0.15) is 11.1 Å². The van der Waals surface area contributed by atoms with E-state index in [1.165, 1.54) is 16.3 Å². The lowest BCUT2D eigenvalue weighted by Crippen LogP contribution is -2.06. The van der Waals surface area contributed by atoms with Gasteiger partial charge >= 0.3 is 0 Å². The van der Waals surface area contributed by atoms with Crippen LogP contribution in [0.4, 0.5) is 0 Å². The molecule has 0 aromatic heterocycles. The van der Waals surface area contributed by atoms with E-state index >= 15 is 0 Å². The molecule has 1 N–H and O–H groups in total. The van der Waals surface area contributed by atoms with Gasteiger partial charge in [-0.2, -0.15) is 0 Å². The summed E-state index contributed by atoms with van der Waals surface area (Å²) in [6, 6.07) is 24.6. The third-order valence-electron chi connectivity index (χ3n) is 3.62. The number of aliphatic hydroxyl groups excluding tert-OH is 1. The Morgan fingerprint density at radius 1 is 0.810 bits per heavy atom. The van der Waals surface area contributed by atoms with Gasteiger partial charge in [0.25, 0.3) is 0 Å². The topological polar surface area (TPSA) is 20.2 Å². The molecule has 0 bridgehead atoms. The molecule has 3 rings (SSSR count). The summed E-state index contributed by atoms with van der Waals surface area (Å²) in [5.41, 5.74) is 2.28. The minimum absolute atomic E-state index is 0.476. The first-order valence-electron chi connectivity index (χ1n) is 7.21. The second-order valence-electron chi connectivity index (χ2n) is 5.18. The smallest absolute Gasteiger partial charge is 0.0764 e. The van der Waals surface area contributed by atoms with Crippen LogP contribution in [0.25, 0.3) is 16.8 Å². The van der Waals surface area contributed by atoms with Gasteiger partial charge in [0.15, 0.2) is 0 Å². The molecule has 0 fully saturated rings. The molecular weight excluding hydrogens is 256 g/mol. The summed E-state index contributed by atoms with van der Waals surface area (Å²) in [7, 11) is 0. The molecule has 0 saturated carbocycles. The van der Waals surface area contributed by atoms with Crippen LogP contribution in [0.2, 0.25) is 0 Å². The minimum atomic E-state index is -0.476. The first kappa shape index (κ1) is 13.6. The third kappa shape index (κ3) is 3.39. The van der Waals surface area contributed by atoms with E-state index < -0.39 is 6.10 Å². The minimum Gasteiger partial charge on any atom is -0.389 e. The van der Waals surface area contributed by atoms with Crippen molar-refractivity contribution in [2.75, 3.05) is 0 Å². The van der Waals surface area contributed by atoms with Crippen LogP contribution < -0.4 is 0 Å². The van der Waals surface area contributed by atoms with E-state index in [0.717, 1.165) is 5.56 Å². The normalized spacial score (nSPS) is 12.8. The number of hydrogen-bond donors (Lipinski definition) is 1. The second kappa shape index (κ2) is 6.38. The van der Waals surface area contributed by atoms with Crippen molar-refractivity contribution in [3.05, 3.63) is 90.0 Å². The van der Waals surface area contributed by atoms with Crippen molar-refractivity contribution in [2.45, 2.75) is 12.5 Å². The van der Waals surface area contributed by atoms with Gasteiger partial charge in [-0.3, -0.25) is 0 Å². The monoisotopic (exact) mass is 274 g/mol. The number of benzene rings is 3. The molecule has 1 unspecified atom stereocenters. The molecule has 0 aliphatic heterocycles. The van der Waals surface area contributed by atoms with Gasteiger partial charge in [-0.1, -0.05) is 84.9 Å². The largest absolute Gasteiger partial charge is 0.389 e. The Labute approximate surface area is 125 Å². The molecule has 0 aliphatic carbocycles. The molecule has 1 heteroatoms. The zero-order valence-corrected chi connectivity index (χ0v) is 11.8. The first-order chi connectivity index (χ1) is 10.3. The first-order valence-corrected chi connectivity index (χ1v) is 7.21. The Morgan fingerprint density at radius 2 is 1.52 bits per heavy atom.